The van der Waals surface area contributed by atoms with Gasteiger partial charge in [-0.25, -0.2) is 4.98 Å². The van der Waals surface area contributed by atoms with E-state index >= 15 is 0 Å². The van der Waals surface area contributed by atoms with E-state index in [0.717, 1.165) is 34.8 Å². The summed E-state index contributed by atoms with van der Waals surface area (Å²) in [5, 5.41) is 8.52. The van der Waals surface area contributed by atoms with Crippen LogP contribution in [0.25, 0.3) is 11.0 Å². The summed E-state index contributed by atoms with van der Waals surface area (Å²) in [4.78, 5) is 18.0. The molecule has 1 aromatic heterocycles. The number of nitrogens with one attached hydrogen (secondary N) is 1. The molecular formula is C12H14N2O3S. The summed E-state index contributed by atoms with van der Waals surface area (Å²) in [6.45, 7) is 0. The Morgan fingerprint density at radius 3 is 3.11 bits per heavy atom. The van der Waals surface area contributed by atoms with Crippen LogP contribution in [0.15, 0.2) is 18.2 Å². The number of aromatic nitrogens is 2. The van der Waals surface area contributed by atoms with Gasteiger partial charge in [0.15, 0.2) is 0 Å². The molecule has 0 saturated carbocycles. The van der Waals surface area contributed by atoms with Gasteiger partial charge in [0, 0.05) is 18.2 Å². The van der Waals surface area contributed by atoms with Gasteiger partial charge in [-0.2, -0.15) is 0 Å². The minimum absolute atomic E-state index is 0.133. The first-order chi connectivity index (χ1) is 8.69. The van der Waals surface area contributed by atoms with E-state index in [1.165, 1.54) is 11.8 Å². The van der Waals surface area contributed by atoms with Crippen molar-refractivity contribution in [2.75, 3.05) is 18.6 Å². The van der Waals surface area contributed by atoms with Crippen LogP contribution in [0.3, 0.4) is 0 Å². The minimum Gasteiger partial charge on any atom is -0.497 e. The van der Waals surface area contributed by atoms with Crippen LogP contribution in [0, 0.1) is 0 Å². The molecule has 6 heteroatoms. The number of fused-ring (bicyclic) bond motifs is 1. The molecule has 0 saturated heterocycles. The molecule has 0 amide bonds. The fraction of sp³-hybridized carbons (Fsp3) is 0.333. The molecule has 1 heterocycles. The van der Waals surface area contributed by atoms with E-state index in [1.807, 2.05) is 18.2 Å². The van der Waals surface area contributed by atoms with Crippen molar-refractivity contribution >= 4 is 28.8 Å². The highest BCUT2D eigenvalue weighted by molar-refractivity contribution is 7.99. The van der Waals surface area contributed by atoms with Crippen molar-refractivity contribution in [1.82, 2.24) is 9.97 Å². The van der Waals surface area contributed by atoms with Gasteiger partial charge in [-0.1, -0.05) is 0 Å². The number of hydrogen-bond donors (Lipinski definition) is 2. The lowest BCUT2D eigenvalue weighted by atomic mass is 10.3. The number of aryl methyl sites for hydroxylation is 1. The van der Waals surface area contributed by atoms with E-state index in [4.69, 9.17) is 9.84 Å². The number of rotatable bonds is 6. The number of aromatic amines is 1. The van der Waals surface area contributed by atoms with Crippen LogP contribution in [0.5, 0.6) is 5.75 Å². The zero-order chi connectivity index (χ0) is 13.0. The molecule has 0 atom stereocenters. The summed E-state index contributed by atoms with van der Waals surface area (Å²) in [7, 11) is 1.63. The molecule has 2 rings (SSSR count). The Hall–Kier alpha value is -1.69. The monoisotopic (exact) mass is 266 g/mol. The molecule has 0 aliphatic heterocycles. The molecule has 1 aromatic carbocycles. The quantitative estimate of drug-likeness (QED) is 0.781. The Balaban J connectivity index is 1.99. The third-order valence-electron chi connectivity index (χ3n) is 2.45. The van der Waals surface area contributed by atoms with Crippen molar-refractivity contribution in [2.24, 2.45) is 0 Å². The molecule has 2 aromatic rings. The molecule has 0 bridgehead atoms. The van der Waals surface area contributed by atoms with E-state index in [2.05, 4.69) is 9.97 Å². The van der Waals surface area contributed by atoms with Gasteiger partial charge in [0.2, 0.25) is 0 Å². The van der Waals surface area contributed by atoms with Crippen LogP contribution in [0.1, 0.15) is 5.82 Å². The van der Waals surface area contributed by atoms with E-state index < -0.39 is 5.97 Å². The second-order valence-electron chi connectivity index (χ2n) is 3.76. The molecule has 0 fully saturated rings. The summed E-state index contributed by atoms with van der Waals surface area (Å²) in [5.74, 6) is 1.75. The smallest absolute Gasteiger partial charge is 0.313 e. The topological polar surface area (TPSA) is 75.2 Å². The lowest BCUT2D eigenvalue weighted by Crippen LogP contribution is -2.00. The Kier molecular flexibility index (Phi) is 4.09. The molecule has 0 unspecified atom stereocenters. The van der Waals surface area contributed by atoms with Crippen LogP contribution < -0.4 is 4.74 Å². The van der Waals surface area contributed by atoms with Crippen molar-refractivity contribution in [3.63, 3.8) is 0 Å². The molecule has 2 N–H and O–H groups in total. The van der Waals surface area contributed by atoms with E-state index in [1.54, 1.807) is 7.11 Å². The Labute approximate surface area is 109 Å². The largest absolute Gasteiger partial charge is 0.497 e. The van der Waals surface area contributed by atoms with Gasteiger partial charge >= 0.3 is 5.97 Å². The molecule has 0 aliphatic rings. The van der Waals surface area contributed by atoms with E-state index in [-0.39, 0.29) is 5.75 Å². The van der Waals surface area contributed by atoms with Gasteiger partial charge in [-0.05, 0) is 12.1 Å². The minimum atomic E-state index is -0.783. The number of imidazole rings is 1. The molecule has 0 radical (unpaired) electrons. The Morgan fingerprint density at radius 2 is 2.39 bits per heavy atom. The Bertz CT molecular complexity index is 553. The number of aliphatic carboxylic acids is 1. The van der Waals surface area contributed by atoms with Crippen molar-refractivity contribution in [2.45, 2.75) is 6.42 Å². The summed E-state index contributed by atoms with van der Waals surface area (Å²) in [6, 6.07) is 5.67. The molecular weight excluding hydrogens is 252 g/mol. The maximum Gasteiger partial charge on any atom is 0.313 e. The van der Waals surface area contributed by atoms with Crippen LogP contribution in [-0.2, 0) is 11.2 Å². The van der Waals surface area contributed by atoms with Gasteiger partial charge < -0.3 is 14.8 Å². The Morgan fingerprint density at radius 1 is 1.56 bits per heavy atom. The fourth-order valence-electron chi connectivity index (χ4n) is 1.62. The van der Waals surface area contributed by atoms with Crippen molar-refractivity contribution in [3.05, 3.63) is 24.0 Å². The zero-order valence-corrected chi connectivity index (χ0v) is 10.8. The van der Waals surface area contributed by atoms with E-state index in [0.29, 0.717) is 0 Å². The number of nitrogens with zero attached hydrogens (tertiary/aromatic N) is 1. The average Bonchev–Trinajstić information content (AvgIpc) is 2.75. The molecule has 0 aliphatic carbocycles. The van der Waals surface area contributed by atoms with Gasteiger partial charge in [-0.3, -0.25) is 4.79 Å². The van der Waals surface area contributed by atoms with Gasteiger partial charge in [0.25, 0.3) is 0 Å². The van der Waals surface area contributed by atoms with Crippen LogP contribution >= 0.6 is 11.8 Å². The molecule has 5 nitrogen and oxygen atoms in total. The van der Waals surface area contributed by atoms with Crippen molar-refractivity contribution in [1.29, 1.82) is 0 Å². The number of carboxylic acids is 1. The van der Waals surface area contributed by atoms with Crippen LogP contribution in [0.2, 0.25) is 0 Å². The number of carboxylic acid groups (broad SMARTS) is 1. The highest BCUT2D eigenvalue weighted by Crippen LogP contribution is 2.19. The molecule has 96 valence electrons. The van der Waals surface area contributed by atoms with E-state index in [9.17, 15) is 4.79 Å². The number of methoxy groups -OCH3 is 1. The second-order valence-corrected chi connectivity index (χ2v) is 4.87. The predicted molar refractivity (Wildman–Crippen MR) is 71.3 cm³/mol. The van der Waals surface area contributed by atoms with Crippen molar-refractivity contribution < 1.29 is 14.6 Å². The third-order valence-corrected chi connectivity index (χ3v) is 3.39. The first-order valence-corrected chi connectivity index (χ1v) is 6.66. The summed E-state index contributed by atoms with van der Waals surface area (Å²) < 4.78 is 5.14. The van der Waals surface area contributed by atoms with Crippen LogP contribution in [0.4, 0.5) is 0 Å². The summed E-state index contributed by atoms with van der Waals surface area (Å²) in [5.41, 5.74) is 1.83. The molecule has 0 spiro atoms. The number of hydrogen-bond acceptors (Lipinski definition) is 4. The standard InChI is InChI=1S/C12H14N2O3S/c1-17-8-2-3-9-10(6-8)14-11(13-9)4-5-18-7-12(15)16/h2-3,6H,4-5,7H2,1H3,(H,13,14)(H,15,16). The lowest BCUT2D eigenvalue weighted by molar-refractivity contribution is -0.133. The number of carbonyl (C=O) groups is 1. The first-order valence-electron chi connectivity index (χ1n) is 5.51. The maximum absolute atomic E-state index is 10.4. The SMILES string of the molecule is COc1ccc2nc(CCSCC(=O)O)[nH]c2c1. The maximum atomic E-state index is 10.4. The number of benzene rings is 1. The second kappa shape index (κ2) is 5.77. The predicted octanol–water partition coefficient (Wildman–Crippen LogP) is 1.93. The third kappa shape index (κ3) is 3.16. The number of thioether (sulfide) groups is 1. The zero-order valence-electron chi connectivity index (χ0n) is 9.97. The lowest BCUT2D eigenvalue weighted by Gasteiger charge is -1.96. The fourth-order valence-corrected chi connectivity index (χ4v) is 2.27. The molecule has 18 heavy (non-hydrogen) atoms. The highest BCUT2D eigenvalue weighted by atomic mass is 32.2. The van der Waals surface area contributed by atoms with Crippen LogP contribution in [-0.4, -0.2) is 39.7 Å². The summed E-state index contributed by atoms with van der Waals surface area (Å²) in [6.07, 6.45) is 0.731. The summed E-state index contributed by atoms with van der Waals surface area (Å²) >= 11 is 1.39. The number of ether oxygens (including phenoxy) is 1. The first kappa shape index (κ1) is 12.8. The van der Waals surface area contributed by atoms with Gasteiger partial charge in [0.05, 0.1) is 23.9 Å². The van der Waals surface area contributed by atoms with Gasteiger partial charge in [0.1, 0.15) is 11.6 Å². The normalized spacial score (nSPS) is 10.7. The van der Waals surface area contributed by atoms with Crippen molar-refractivity contribution in [3.8, 4) is 5.75 Å². The van der Waals surface area contributed by atoms with Gasteiger partial charge in [-0.15, -0.1) is 11.8 Å². The average molecular weight is 266 g/mol. The highest BCUT2D eigenvalue weighted by Gasteiger charge is 2.04. The number of H-pyrrole nitrogens is 1.